The molecule has 6 heteroatoms. The van der Waals surface area contributed by atoms with Crippen LogP contribution in [0.2, 0.25) is 0 Å². The standard InChI is InChI=1S/C22H22O5S/c1-14(22(24)26-3)9-17(23)21-11-16-10-18(25-2)19(12-20(16)28-21)27-13-15-7-5-4-6-8-15/h4-8,10-12,14H,9,13H2,1-3H3/t14-/m0/s1. The van der Waals surface area contributed by atoms with Gasteiger partial charge in [0, 0.05) is 17.2 Å². The molecule has 3 rings (SSSR count). The van der Waals surface area contributed by atoms with Crippen LogP contribution in [0.25, 0.3) is 10.1 Å². The van der Waals surface area contributed by atoms with Crippen molar-refractivity contribution < 1.29 is 23.8 Å². The van der Waals surface area contributed by atoms with Gasteiger partial charge in [-0.15, -0.1) is 11.3 Å². The van der Waals surface area contributed by atoms with Gasteiger partial charge in [0.2, 0.25) is 0 Å². The number of esters is 1. The summed E-state index contributed by atoms with van der Waals surface area (Å²) in [6, 6.07) is 15.5. The Kier molecular flexibility index (Phi) is 6.31. The first-order chi connectivity index (χ1) is 13.5. The first-order valence-corrected chi connectivity index (χ1v) is 9.72. The van der Waals surface area contributed by atoms with Gasteiger partial charge in [-0.2, -0.15) is 0 Å². The van der Waals surface area contributed by atoms with Crippen molar-refractivity contribution in [3.05, 3.63) is 59.0 Å². The number of thiophene rings is 1. The minimum absolute atomic E-state index is 0.0789. The van der Waals surface area contributed by atoms with E-state index in [1.807, 2.05) is 48.5 Å². The van der Waals surface area contributed by atoms with Crippen LogP contribution in [0.4, 0.5) is 0 Å². The summed E-state index contributed by atoms with van der Waals surface area (Å²) in [6.07, 6.45) is 0.119. The molecule has 1 atom stereocenters. The third-order valence-corrected chi connectivity index (χ3v) is 5.55. The van der Waals surface area contributed by atoms with Gasteiger partial charge in [0.15, 0.2) is 17.3 Å². The van der Waals surface area contributed by atoms with E-state index in [2.05, 4.69) is 0 Å². The van der Waals surface area contributed by atoms with Crippen molar-refractivity contribution in [1.82, 2.24) is 0 Å². The molecule has 0 unspecified atom stereocenters. The molecule has 0 aliphatic carbocycles. The van der Waals surface area contributed by atoms with Gasteiger partial charge in [-0.1, -0.05) is 37.3 Å². The van der Waals surface area contributed by atoms with E-state index in [4.69, 9.17) is 14.2 Å². The number of fused-ring (bicyclic) bond motifs is 1. The van der Waals surface area contributed by atoms with Gasteiger partial charge in [0.05, 0.1) is 25.0 Å². The summed E-state index contributed by atoms with van der Waals surface area (Å²) in [5.74, 6) is 0.311. The number of benzene rings is 2. The Morgan fingerprint density at radius 2 is 1.79 bits per heavy atom. The highest BCUT2D eigenvalue weighted by molar-refractivity contribution is 7.20. The van der Waals surface area contributed by atoms with Crippen LogP contribution in [0.1, 0.15) is 28.6 Å². The van der Waals surface area contributed by atoms with Crippen LogP contribution in [0.5, 0.6) is 11.5 Å². The first-order valence-electron chi connectivity index (χ1n) is 8.91. The Bertz CT molecular complexity index is 977. The highest BCUT2D eigenvalue weighted by Gasteiger charge is 2.20. The molecule has 0 N–H and O–H groups in total. The lowest BCUT2D eigenvalue weighted by Gasteiger charge is -2.11. The minimum atomic E-state index is -0.470. The highest BCUT2D eigenvalue weighted by atomic mass is 32.1. The van der Waals surface area contributed by atoms with Crippen LogP contribution < -0.4 is 9.47 Å². The summed E-state index contributed by atoms with van der Waals surface area (Å²) in [5, 5.41) is 0.906. The Balaban J connectivity index is 1.81. The van der Waals surface area contributed by atoms with Crippen molar-refractivity contribution in [3.8, 4) is 11.5 Å². The molecule has 2 aromatic carbocycles. The van der Waals surface area contributed by atoms with Gasteiger partial charge < -0.3 is 14.2 Å². The highest BCUT2D eigenvalue weighted by Crippen LogP contribution is 2.37. The number of Topliss-reactive ketones (excluding diaryl/α,β-unsaturated/α-hetero) is 1. The maximum Gasteiger partial charge on any atom is 0.308 e. The lowest BCUT2D eigenvalue weighted by molar-refractivity contribution is -0.144. The monoisotopic (exact) mass is 398 g/mol. The second kappa shape index (κ2) is 8.89. The molecule has 146 valence electrons. The fourth-order valence-electron chi connectivity index (χ4n) is 2.86. The summed E-state index contributed by atoms with van der Waals surface area (Å²) < 4.78 is 17.0. The smallest absolute Gasteiger partial charge is 0.308 e. The Morgan fingerprint density at radius 1 is 1.04 bits per heavy atom. The van der Waals surface area contributed by atoms with Crippen molar-refractivity contribution in [2.45, 2.75) is 20.0 Å². The zero-order chi connectivity index (χ0) is 20.1. The van der Waals surface area contributed by atoms with Gasteiger partial charge in [0.1, 0.15) is 6.61 Å². The summed E-state index contributed by atoms with van der Waals surface area (Å²) in [6.45, 7) is 2.12. The molecule has 0 aliphatic heterocycles. The Morgan fingerprint density at radius 3 is 2.46 bits per heavy atom. The molecule has 5 nitrogen and oxygen atoms in total. The van der Waals surface area contributed by atoms with Crippen molar-refractivity contribution in [2.24, 2.45) is 5.92 Å². The molecule has 0 saturated heterocycles. The van der Waals surface area contributed by atoms with E-state index < -0.39 is 5.92 Å². The number of hydrogen-bond donors (Lipinski definition) is 0. The number of ketones is 1. The average molecular weight is 398 g/mol. The molecule has 0 saturated carbocycles. The number of methoxy groups -OCH3 is 2. The lowest BCUT2D eigenvalue weighted by Crippen LogP contribution is -2.16. The quantitative estimate of drug-likeness (QED) is 0.400. The van der Waals surface area contributed by atoms with Crippen molar-refractivity contribution >= 4 is 33.2 Å². The zero-order valence-corrected chi connectivity index (χ0v) is 16.9. The molecule has 3 aromatic rings. The van der Waals surface area contributed by atoms with E-state index in [0.29, 0.717) is 23.0 Å². The van der Waals surface area contributed by atoms with Crippen LogP contribution in [0.15, 0.2) is 48.5 Å². The molecule has 0 amide bonds. The minimum Gasteiger partial charge on any atom is -0.493 e. The number of carbonyl (C=O) groups is 2. The molecule has 1 aromatic heterocycles. The van der Waals surface area contributed by atoms with Crippen LogP contribution >= 0.6 is 11.3 Å². The predicted molar refractivity (Wildman–Crippen MR) is 109 cm³/mol. The third-order valence-electron chi connectivity index (χ3n) is 4.41. The zero-order valence-electron chi connectivity index (χ0n) is 16.1. The second-order valence-corrected chi connectivity index (χ2v) is 7.56. The van der Waals surface area contributed by atoms with E-state index in [-0.39, 0.29) is 18.2 Å². The van der Waals surface area contributed by atoms with Crippen LogP contribution in [0.3, 0.4) is 0 Å². The van der Waals surface area contributed by atoms with Crippen LogP contribution in [-0.4, -0.2) is 26.0 Å². The summed E-state index contributed by atoms with van der Waals surface area (Å²) in [4.78, 5) is 24.7. The van der Waals surface area contributed by atoms with E-state index in [1.165, 1.54) is 18.4 Å². The molecule has 0 aliphatic rings. The summed E-state index contributed by atoms with van der Waals surface area (Å²) >= 11 is 1.38. The number of carbonyl (C=O) groups excluding carboxylic acids is 2. The van der Waals surface area contributed by atoms with E-state index in [1.54, 1.807) is 14.0 Å². The predicted octanol–water partition coefficient (Wildman–Crippen LogP) is 4.87. The lowest BCUT2D eigenvalue weighted by atomic mass is 10.0. The van der Waals surface area contributed by atoms with Crippen molar-refractivity contribution in [2.75, 3.05) is 14.2 Å². The van der Waals surface area contributed by atoms with Crippen LogP contribution in [-0.2, 0) is 16.1 Å². The van der Waals surface area contributed by atoms with Gasteiger partial charge in [0.25, 0.3) is 0 Å². The molecule has 1 heterocycles. The number of rotatable bonds is 8. The fraction of sp³-hybridized carbons (Fsp3) is 0.273. The second-order valence-electron chi connectivity index (χ2n) is 6.48. The summed E-state index contributed by atoms with van der Waals surface area (Å²) in [7, 11) is 2.92. The average Bonchev–Trinajstić information content (AvgIpc) is 3.14. The maximum atomic E-state index is 12.5. The number of ether oxygens (including phenoxy) is 3. The molecular weight excluding hydrogens is 376 g/mol. The summed E-state index contributed by atoms with van der Waals surface area (Å²) in [5.41, 5.74) is 1.06. The molecule has 0 bridgehead atoms. The third kappa shape index (κ3) is 4.51. The van der Waals surface area contributed by atoms with E-state index in [0.717, 1.165) is 15.6 Å². The Labute approximate surface area is 167 Å². The molecule has 0 spiro atoms. The maximum absolute atomic E-state index is 12.5. The fourth-order valence-corrected chi connectivity index (χ4v) is 3.88. The molecule has 0 radical (unpaired) electrons. The molecular formula is C22H22O5S. The molecule has 0 fully saturated rings. The van der Waals surface area contributed by atoms with E-state index in [9.17, 15) is 9.59 Å². The largest absolute Gasteiger partial charge is 0.493 e. The number of hydrogen-bond acceptors (Lipinski definition) is 6. The first kappa shape index (κ1) is 19.9. The Hall–Kier alpha value is -2.86. The van der Waals surface area contributed by atoms with Crippen molar-refractivity contribution in [3.63, 3.8) is 0 Å². The van der Waals surface area contributed by atoms with Gasteiger partial charge >= 0.3 is 5.97 Å². The van der Waals surface area contributed by atoms with E-state index >= 15 is 0 Å². The van der Waals surface area contributed by atoms with Gasteiger partial charge in [-0.05, 0) is 23.1 Å². The topological polar surface area (TPSA) is 61.8 Å². The van der Waals surface area contributed by atoms with Crippen LogP contribution in [0, 0.1) is 5.92 Å². The SMILES string of the molecule is COC(=O)[C@@H](C)CC(=O)c1cc2cc(OC)c(OCc3ccccc3)cc2s1. The van der Waals surface area contributed by atoms with Gasteiger partial charge in [-0.3, -0.25) is 9.59 Å². The van der Waals surface area contributed by atoms with Gasteiger partial charge in [-0.25, -0.2) is 0 Å². The normalized spacial score (nSPS) is 11.8. The van der Waals surface area contributed by atoms with Crippen molar-refractivity contribution in [1.29, 1.82) is 0 Å². The molecule has 28 heavy (non-hydrogen) atoms.